The molecule has 0 radical (unpaired) electrons. The van der Waals surface area contributed by atoms with Gasteiger partial charge in [-0.05, 0) is 25.7 Å². The fraction of sp³-hybridized carbons (Fsp3) is 0.769. The van der Waals surface area contributed by atoms with Crippen LogP contribution in [0.25, 0.3) is 0 Å². The minimum Gasteiger partial charge on any atom is -0.480 e. The van der Waals surface area contributed by atoms with Gasteiger partial charge in [0.1, 0.15) is 6.04 Å². The van der Waals surface area contributed by atoms with Gasteiger partial charge in [-0.3, -0.25) is 9.59 Å². The minimum atomic E-state index is -1.16. The van der Waals surface area contributed by atoms with E-state index in [1.54, 1.807) is 0 Å². The number of carboxylic acids is 1. The summed E-state index contributed by atoms with van der Waals surface area (Å²) in [6.45, 7) is 0.642. The van der Waals surface area contributed by atoms with Crippen LogP contribution in [0.5, 0.6) is 0 Å². The summed E-state index contributed by atoms with van der Waals surface area (Å²) in [5.74, 6) is -2.03. The summed E-state index contributed by atoms with van der Waals surface area (Å²) in [6.07, 6.45) is 2.80. The van der Waals surface area contributed by atoms with E-state index in [9.17, 15) is 14.4 Å². The number of aliphatic carboxylic acids is 1. The predicted octanol–water partition coefficient (Wildman–Crippen LogP) is 0.468. The van der Waals surface area contributed by atoms with Crippen molar-refractivity contribution in [3.05, 3.63) is 0 Å². The molecule has 1 fully saturated rings. The average molecular weight is 287 g/mol. The molecule has 1 heterocycles. The first-order chi connectivity index (χ1) is 9.52. The van der Waals surface area contributed by atoms with E-state index in [4.69, 9.17) is 9.84 Å². The smallest absolute Gasteiger partial charge is 0.326 e. The molecule has 2 N–H and O–H groups in total. The molecule has 1 saturated heterocycles. The highest BCUT2D eigenvalue weighted by Crippen LogP contribution is 2.15. The van der Waals surface area contributed by atoms with Gasteiger partial charge in [0, 0.05) is 13.0 Å². The second-order valence-electron chi connectivity index (χ2n) is 4.77. The third kappa shape index (κ3) is 6.01. The quantitative estimate of drug-likeness (QED) is 0.660. The molecule has 1 aliphatic heterocycles. The molecule has 114 valence electrons. The van der Waals surface area contributed by atoms with Crippen LogP contribution in [0.2, 0.25) is 0 Å². The molecule has 7 heteroatoms. The van der Waals surface area contributed by atoms with Crippen molar-refractivity contribution in [3.8, 4) is 0 Å². The zero-order chi connectivity index (χ0) is 15.0. The van der Waals surface area contributed by atoms with Crippen LogP contribution in [0.1, 0.15) is 38.5 Å². The molecule has 20 heavy (non-hydrogen) atoms. The van der Waals surface area contributed by atoms with Crippen LogP contribution in [0, 0.1) is 0 Å². The van der Waals surface area contributed by atoms with Crippen LogP contribution in [-0.2, 0) is 23.9 Å². The van der Waals surface area contributed by atoms with Gasteiger partial charge in [-0.1, -0.05) is 0 Å². The van der Waals surface area contributed by atoms with E-state index in [1.807, 2.05) is 0 Å². The average Bonchev–Trinajstić information content (AvgIpc) is 2.43. The lowest BCUT2D eigenvalue weighted by molar-refractivity contribution is -0.144. The first-order valence-electron chi connectivity index (χ1n) is 6.73. The van der Waals surface area contributed by atoms with E-state index in [0.29, 0.717) is 6.61 Å². The van der Waals surface area contributed by atoms with Gasteiger partial charge in [-0.15, -0.1) is 0 Å². The van der Waals surface area contributed by atoms with Crippen LogP contribution in [0.4, 0.5) is 0 Å². The monoisotopic (exact) mass is 287 g/mol. The van der Waals surface area contributed by atoms with E-state index in [-0.39, 0.29) is 31.3 Å². The van der Waals surface area contributed by atoms with E-state index in [0.717, 1.165) is 19.3 Å². The Balaban J connectivity index is 2.37. The number of rotatable bonds is 7. The van der Waals surface area contributed by atoms with Crippen molar-refractivity contribution < 1.29 is 29.0 Å². The number of hydrogen-bond acceptors (Lipinski definition) is 5. The number of amides is 1. The Morgan fingerprint density at radius 3 is 2.70 bits per heavy atom. The van der Waals surface area contributed by atoms with Crippen molar-refractivity contribution in [2.24, 2.45) is 0 Å². The lowest BCUT2D eigenvalue weighted by atomic mass is 10.1. The maximum Gasteiger partial charge on any atom is 0.326 e. The number of hydrogen-bond donors (Lipinski definition) is 2. The number of ether oxygens (including phenoxy) is 2. The van der Waals surface area contributed by atoms with Gasteiger partial charge in [-0.2, -0.15) is 0 Å². The highest BCUT2D eigenvalue weighted by Gasteiger charge is 2.24. The molecule has 0 aromatic carbocycles. The number of carboxylic acid groups (broad SMARTS) is 1. The summed E-state index contributed by atoms with van der Waals surface area (Å²) in [5.41, 5.74) is 0. The Hall–Kier alpha value is -1.63. The lowest BCUT2D eigenvalue weighted by Crippen LogP contribution is -2.42. The largest absolute Gasteiger partial charge is 0.480 e. The molecule has 1 unspecified atom stereocenters. The topological polar surface area (TPSA) is 102 Å². The number of esters is 1. The Bertz CT molecular complexity index is 351. The lowest BCUT2D eigenvalue weighted by Gasteiger charge is -2.23. The van der Waals surface area contributed by atoms with Gasteiger partial charge in [0.05, 0.1) is 19.6 Å². The summed E-state index contributed by atoms with van der Waals surface area (Å²) < 4.78 is 9.87. The first kappa shape index (κ1) is 16.4. The Morgan fingerprint density at radius 2 is 2.15 bits per heavy atom. The predicted molar refractivity (Wildman–Crippen MR) is 69.0 cm³/mol. The Morgan fingerprint density at radius 1 is 1.40 bits per heavy atom. The molecule has 0 bridgehead atoms. The van der Waals surface area contributed by atoms with Crippen molar-refractivity contribution in [1.29, 1.82) is 0 Å². The second-order valence-corrected chi connectivity index (χ2v) is 4.77. The SMILES string of the molecule is COC(=O)CC[C@@H](NC(=O)CC1CCCCO1)C(=O)O. The van der Waals surface area contributed by atoms with Crippen LogP contribution < -0.4 is 5.32 Å². The molecule has 1 amide bonds. The Kier molecular flexibility index (Phi) is 7.00. The summed E-state index contributed by atoms with van der Waals surface area (Å²) in [5, 5.41) is 11.4. The maximum absolute atomic E-state index is 11.8. The van der Waals surface area contributed by atoms with E-state index in [1.165, 1.54) is 7.11 Å². The van der Waals surface area contributed by atoms with Gasteiger partial charge in [0.15, 0.2) is 0 Å². The zero-order valence-corrected chi connectivity index (χ0v) is 11.6. The normalized spacial score (nSPS) is 19.9. The molecule has 1 aliphatic rings. The molecule has 7 nitrogen and oxygen atoms in total. The Labute approximate surface area is 117 Å². The molecule has 0 spiro atoms. The molecule has 2 atom stereocenters. The van der Waals surface area contributed by atoms with Gasteiger partial charge in [-0.25, -0.2) is 4.79 Å². The van der Waals surface area contributed by atoms with Crippen molar-refractivity contribution in [1.82, 2.24) is 5.32 Å². The molecule has 1 rings (SSSR count). The van der Waals surface area contributed by atoms with Gasteiger partial charge >= 0.3 is 11.9 Å². The molecular weight excluding hydrogens is 266 g/mol. The molecule has 0 saturated carbocycles. The fourth-order valence-electron chi connectivity index (χ4n) is 2.05. The first-order valence-corrected chi connectivity index (χ1v) is 6.73. The zero-order valence-electron chi connectivity index (χ0n) is 11.6. The van der Waals surface area contributed by atoms with Crippen molar-refractivity contribution >= 4 is 17.8 Å². The van der Waals surface area contributed by atoms with Gasteiger partial charge in [0.25, 0.3) is 0 Å². The molecule has 0 aromatic rings. The summed E-state index contributed by atoms with van der Waals surface area (Å²) in [7, 11) is 1.23. The third-order valence-corrected chi connectivity index (χ3v) is 3.19. The third-order valence-electron chi connectivity index (χ3n) is 3.19. The van der Waals surface area contributed by atoms with Crippen LogP contribution >= 0.6 is 0 Å². The van der Waals surface area contributed by atoms with Gasteiger partial charge in [0.2, 0.25) is 5.91 Å². The molecule has 0 aliphatic carbocycles. The standard InChI is InChI=1S/C13H21NO6/c1-19-12(16)6-5-10(13(17)18)14-11(15)8-9-4-2-3-7-20-9/h9-10H,2-8H2,1H3,(H,14,15)(H,17,18)/t9?,10-/m1/s1. The van der Waals surface area contributed by atoms with Crippen molar-refractivity contribution in [2.45, 2.75) is 50.7 Å². The van der Waals surface area contributed by atoms with Crippen LogP contribution in [0.15, 0.2) is 0 Å². The number of methoxy groups -OCH3 is 1. The highest BCUT2D eigenvalue weighted by molar-refractivity contribution is 5.84. The summed E-state index contributed by atoms with van der Waals surface area (Å²) in [6, 6.07) is -1.08. The molecular formula is C13H21NO6. The summed E-state index contributed by atoms with van der Waals surface area (Å²) in [4.78, 5) is 33.8. The number of carbonyl (C=O) groups excluding carboxylic acids is 2. The van der Waals surface area contributed by atoms with E-state index in [2.05, 4.69) is 10.1 Å². The van der Waals surface area contributed by atoms with E-state index >= 15 is 0 Å². The van der Waals surface area contributed by atoms with Crippen molar-refractivity contribution in [2.75, 3.05) is 13.7 Å². The second kappa shape index (κ2) is 8.52. The fourth-order valence-corrected chi connectivity index (χ4v) is 2.05. The van der Waals surface area contributed by atoms with Crippen LogP contribution in [-0.4, -0.2) is 48.8 Å². The number of carbonyl (C=O) groups is 3. The minimum absolute atomic E-state index is 0.0132. The highest BCUT2D eigenvalue weighted by atomic mass is 16.5. The van der Waals surface area contributed by atoms with Gasteiger partial charge < -0.3 is 19.9 Å². The number of nitrogens with one attached hydrogen (secondary N) is 1. The maximum atomic E-state index is 11.8. The molecule has 0 aromatic heterocycles. The van der Waals surface area contributed by atoms with E-state index < -0.39 is 18.0 Å². The summed E-state index contributed by atoms with van der Waals surface area (Å²) >= 11 is 0. The van der Waals surface area contributed by atoms with Crippen molar-refractivity contribution in [3.63, 3.8) is 0 Å². The van der Waals surface area contributed by atoms with Crippen LogP contribution in [0.3, 0.4) is 0 Å².